The summed E-state index contributed by atoms with van der Waals surface area (Å²) >= 11 is 0. The first-order valence-electron chi connectivity index (χ1n) is 11.8. The lowest BCUT2D eigenvalue weighted by Gasteiger charge is -2.10. The van der Waals surface area contributed by atoms with E-state index in [9.17, 15) is 5.26 Å². The van der Waals surface area contributed by atoms with Crippen LogP contribution >= 0.6 is 0 Å². The van der Waals surface area contributed by atoms with E-state index in [2.05, 4.69) is 102 Å². The molecule has 0 unspecified atom stereocenters. The number of aromatic nitrogens is 1. The van der Waals surface area contributed by atoms with Gasteiger partial charge in [0.1, 0.15) is 0 Å². The molecule has 0 fully saturated rings. The Bertz CT molecular complexity index is 2060. The zero-order chi connectivity index (χ0) is 23.1. The largest absolute Gasteiger partial charge is 0.309 e. The molecular formula is C33H18N2. The van der Waals surface area contributed by atoms with E-state index in [1.807, 2.05) is 18.2 Å². The average molecular weight is 443 g/mol. The van der Waals surface area contributed by atoms with Crippen LogP contribution in [0.25, 0.3) is 71.3 Å². The van der Waals surface area contributed by atoms with Gasteiger partial charge in [0, 0.05) is 22.0 Å². The van der Waals surface area contributed by atoms with Crippen molar-refractivity contribution in [2.24, 2.45) is 0 Å². The van der Waals surface area contributed by atoms with Crippen molar-refractivity contribution >= 4 is 43.4 Å². The Hall–Kier alpha value is -4.87. The van der Waals surface area contributed by atoms with Crippen LogP contribution in [0.2, 0.25) is 0 Å². The Balaban J connectivity index is 1.50. The number of benzene rings is 6. The van der Waals surface area contributed by atoms with Crippen LogP contribution < -0.4 is 0 Å². The van der Waals surface area contributed by atoms with Crippen molar-refractivity contribution in [3.63, 3.8) is 0 Å². The van der Waals surface area contributed by atoms with Gasteiger partial charge in [-0.3, -0.25) is 0 Å². The molecule has 0 saturated heterocycles. The van der Waals surface area contributed by atoms with E-state index in [0.717, 1.165) is 16.5 Å². The lowest BCUT2D eigenvalue weighted by atomic mass is 9.98. The maximum absolute atomic E-state index is 9.28. The molecule has 0 aliphatic heterocycles. The molecule has 1 aliphatic carbocycles. The summed E-state index contributed by atoms with van der Waals surface area (Å²) in [4.78, 5) is 0. The van der Waals surface area contributed by atoms with Gasteiger partial charge in [0.05, 0.1) is 22.7 Å². The number of rotatable bonds is 1. The molecule has 0 saturated carbocycles. The topological polar surface area (TPSA) is 28.7 Å². The van der Waals surface area contributed by atoms with Crippen LogP contribution in [0.4, 0.5) is 0 Å². The summed E-state index contributed by atoms with van der Waals surface area (Å²) in [6.07, 6.45) is 0. The fourth-order valence-corrected chi connectivity index (χ4v) is 6.06. The van der Waals surface area contributed by atoms with Gasteiger partial charge in [-0.2, -0.15) is 5.26 Å². The number of para-hydroxylation sites is 1. The summed E-state index contributed by atoms with van der Waals surface area (Å²) in [5, 5.41) is 16.7. The first-order valence-corrected chi connectivity index (χ1v) is 11.8. The van der Waals surface area contributed by atoms with Crippen LogP contribution in [0.5, 0.6) is 0 Å². The van der Waals surface area contributed by atoms with Crippen molar-refractivity contribution in [2.45, 2.75) is 0 Å². The fraction of sp³-hybridized carbons (Fsp3) is 0. The molecule has 2 nitrogen and oxygen atoms in total. The standard InChI is InChI=1S/C33H18N2/c34-19-20-11-12-23-18-24(14-13-22(23)17-20)35-29-10-2-1-7-27(29)33-30(35)16-15-26-25-8-3-5-21-6-4-9-28(31(21)25)32(26)33/h1-18H. The molecule has 6 aromatic carbocycles. The maximum atomic E-state index is 9.28. The number of hydrogen-bond acceptors (Lipinski definition) is 1. The Kier molecular flexibility index (Phi) is 3.49. The van der Waals surface area contributed by atoms with Crippen molar-refractivity contribution in [2.75, 3.05) is 0 Å². The number of nitriles is 1. The van der Waals surface area contributed by atoms with Crippen molar-refractivity contribution in [1.82, 2.24) is 4.57 Å². The maximum Gasteiger partial charge on any atom is 0.0991 e. The SMILES string of the molecule is N#Cc1ccc2cc(-n3c4ccccc4c4c5c(ccc43)-c3cccc4cccc-5c34)ccc2c1. The lowest BCUT2D eigenvalue weighted by Crippen LogP contribution is -1.94. The highest BCUT2D eigenvalue weighted by molar-refractivity contribution is 6.26. The monoisotopic (exact) mass is 442 g/mol. The first-order chi connectivity index (χ1) is 17.3. The van der Waals surface area contributed by atoms with Gasteiger partial charge in [0.2, 0.25) is 0 Å². The molecular weight excluding hydrogens is 424 g/mol. The van der Waals surface area contributed by atoms with Gasteiger partial charge in [-0.05, 0) is 74.6 Å². The molecule has 35 heavy (non-hydrogen) atoms. The van der Waals surface area contributed by atoms with E-state index in [1.165, 1.54) is 54.8 Å². The van der Waals surface area contributed by atoms with Crippen LogP contribution in [-0.2, 0) is 0 Å². The molecule has 0 spiro atoms. The third-order valence-corrected chi connectivity index (χ3v) is 7.51. The van der Waals surface area contributed by atoms with Crippen LogP contribution in [0.1, 0.15) is 5.56 Å². The molecule has 0 amide bonds. The normalized spacial score (nSPS) is 12.0. The minimum absolute atomic E-state index is 0.686. The van der Waals surface area contributed by atoms with E-state index in [1.54, 1.807) is 0 Å². The highest BCUT2D eigenvalue weighted by Gasteiger charge is 2.26. The van der Waals surface area contributed by atoms with E-state index < -0.39 is 0 Å². The van der Waals surface area contributed by atoms with Gasteiger partial charge >= 0.3 is 0 Å². The van der Waals surface area contributed by atoms with Crippen LogP contribution in [0, 0.1) is 11.3 Å². The lowest BCUT2D eigenvalue weighted by molar-refractivity contribution is 1.19. The van der Waals surface area contributed by atoms with Gasteiger partial charge in [-0.15, -0.1) is 0 Å². The number of hydrogen-bond donors (Lipinski definition) is 0. The quantitative estimate of drug-likeness (QED) is 0.250. The molecule has 8 rings (SSSR count). The Labute approximate surface area is 201 Å². The van der Waals surface area contributed by atoms with Crippen LogP contribution in [0.15, 0.2) is 109 Å². The van der Waals surface area contributed by atoms with E-state index in [4.69, 9.17) is 0 Å². The molecule has 2 heteroatoms. The van der Waals surface area contributed by atoms with Crippen LogP contribution in [-0.4, -0.2) is 4.57 Å². The minimum Gasteiger partial charge on any atom is -0.309 e. The highest BCUT2D eigenvalue weighted by Crippen LogP contribution is 2.52. The van der Waals surface area contributed by atoms with E-state index >= 15 is 0 Å². The predicted molar refractivity (Wildman–Crippen MR) is 145 cm³/mol. The highest BCUT2D eigenvalue weighted by atomic mass is 15.0. The second-order valence-corrected chi connectivity index (χ2v) is 9.30. The van der Waals surface area contributed by atoms with Crippen molar-refractivity contribution < 1.29 is 0 Å². The van der Waals surface area contributed by atoms with Gasteiger partial charge < -0.3 is 4.57 Å². The second-order valence-electron chi connectivity index (χ2n) is 9.30. The molecule has 7 aromatic rings. The fourth-order valence-electron chi connectivity index (χ4n) is 6.06. The summed E-state index contributed by atoms with van der Waals surface area (Å²) in [7, 11) is 0. The van der Waals surface area contributed by atoms with E-state index in [-0.39, 0.29) is 0 Å². The first kappa shape index (κ1) is 18.5. The molecule has 160 valence electrons. The van der Waals surface area contributed by atoms with E-state index in [0.29, 0.717) is 5.56 Å². The van der Waals surface area contributed by atoms with Gasteiger partial charge in [0.25, 0.3) is 0 Å². The second kappa shape index (κ2) is 6.59. The summed E-state index contributed by atoms with van der Waals surface area (Å²) in [5.74, 6) is 0. The van der Waals surface area contributed by atoms with Gasteiger partial charge in [0.15, 0.2) is 0 Å². The van der Waals surface area contributed by atoms with Gasteiger partial charge in [-0.25, -0.2) is 0 Å². The molecule has 1 aliphatic rings. The van der Waals surface area contributed by atoms with Gasteiger partial charge in [-0.1, -0.05) is 72.8 Å². The van der Waals surface area contributed by atoms with Crippen molar-refractivity contribution in [3.05, 3.63) is 115 Å². The average Bonchev–Trinajstić information content (AvgIpc) is 3.42. The van der Waals surface area contributed by atoms with Crippen molar-refractivity contribution in [3.8, 4) is 34.0 Å². The third kappa shape index (κ3) is 2.37. The molecule has 1 heterocycles. The minimum atomic E-state index is 0.686. The Morgan fingerprint density at radius 1 is 0.543 bits per heavy atom. The zero-order valence-corrected chi connectivity index (χ0v) is 18.8. The Morgan fingerprint density at radius 2 is 1.34 bits per heavy atom. The number of fused-ring (bicyclic) bond motifs is 8. The summed E-state index contributed by atoms with van der Waals surface area (Å²) in [6, 6.07) is 41.2. The molecule has 0 atom stereocenters. The molecule has 0 bridgehead atoms. The third-order valence-electron chi connectivity index (χ3n) is 7.51. The zero-order valence-electron chi connectivity index (χ0n) is 18.8. The summed E-state index contributed by atoms with van der Waals surface area (Å²) in [6.45, 7) is 0. The summed E-state index contributed by atoms with van der Waals surface area (Å²) in [5.41, 5.74) is 9.52. The summed E-state index contributed by atoms with van der Waals surface area (Å²) < 4.78 is 2.38. The molecule has 0 N–H and O–H groups in total. The Morgan fingerprint density at radius 3 is 2.23 bits per heavy atom. The smallest absolute Gasteiger partial charge is 0.0991 e. The molecule has 1 aromatic heterocycles. The number of nitrogens with zero attached hydrogens (tertiary/aromatic N) is 2. The molecule has 0 radical (unpaired) electrons. The van der Waals surface area contributed by atoms with Crippen molar-refractivity contribution in [1.29, 1.82) is 5.26 Å². The van der Waals surface area contributed by atoms with Crippen LogP contribution in [0.3, 0.4) is 0 Å². The predicted octanol–water partition coefficient (Wildman–Crippen LogP) is 8.61.